The zero-order valence-corrected chi connectivity index (χ0v) is 10.6. The highest BCUT2D eigenvalue weighted by atomic mass is 16.5. The van der Waals surface area contributed by atoms with Crippen LogP contribution in [0.15, 0.2) is 22.8 Å². The third-order valence-electron chi connectivity index (χ3n) is 3.21. The van der Waals surface area contributed by atoms with Crippen molar-refractivity contribution in [2.75, 3.05) is 0 Å². The van der Waals surface area contributed by atoms with Gasteiger partial charge in [-0.2, -0.15) is 0 Å². The van der Waals surface area contributed by atoms with Crippen molar-refractivity contribution in [2.45, 2.75) is 51.0 Å². The Bertz CT molecular complexity index is 378. The van der Waals surface area contributed by atoms with E-state index in [4.69, 9.17) is 14.9 Å². The molecule has 1 aliphatic carbocycles. The summed E-state index contributed by atoms with van der Waals surface area (Å²) in [6.45, 7) is 2.16. The third kappa shape index (κ3) is 3.58. The molecule has 1 fully saturated rings. The topological polar surface area (TPSA) is 77.5 Å². The first kappa shape index (κ1) is 13.1. The highest BCUT2D eigenvalue weighted by Crippen LogP contribution is 2.21. The number of carbonyl (C=O) groups excluding carboxylic acids is 1. The number of hydrogen-bond acceptors (Lipinski definition) is 4. The van der Waals surface area contributed by atoms with Crippen LogP contribution >= 0.6 is 0 Å². The fourth-order valence-electron chi connectivity index (χ4n) is 2.18. The van der Waals surface area contributed by atoms with Crippen molar-refractivity contribution in [3.05, 3.63) is 24.2 Å². The van der Waals surface area contributed by atoms with Crippen LogP contribution in [0.2, 0.25) is 0 Å². The predicted molar refractivity (Wildman–Crippen MR) is 66.7 cm³/mol. The summed E-state index contributed by atoms with van der Waals surface area (Å²) in [6.07, 6.45) is 4.01. The van der Waals surface area contributed by atoms with E-state index >= 15 is 0 Å². The third-order valence-corrected chi connectivity index (χ3v) is 3.21. The van der Waals surface area contributed by atoms with Gasteiger partial charge < -0.3 is 20.2 Å². The van der Waals surface area contributed by atoms with Crippen molar-refractivity contribution < 1.29 is 13.9 Å². The highest BCUT2D eigenvalue weighted by molar-refractivity contribution is 5.80. The van der Waals surface area contributed by atoms with Crippen LogP contribution in [0.4, 0.5) is 0 Å². The number of carbonyl (C=O) groups is 1. The summed E-state index contributed by atoms with van der Waals surface area (Å²) in [5.74, 6) is 0.616. The second kappa shape index (κ2) is 6.02. The maximum atomic E-state index is 11.8. The molecule has 0 aliphatic heterocycles. The number of hydrogen-bond donors (Lipinski definition) is 2. The van der Waals surface area contributed by atoms with Crippen LogP contribution in [0.25, 0.3) is 0 Å². The van der Waals surface area contributed by atoms with Gasteiger partial charge in [0.25, 0.3) is 0 Å². The monoisotopic (exact) mass is 252 g/mol. The molecule has 0 bridgehead atoms. The zero-order chi connectivity index (χ0) is 13.0. The van der Waals surface area contributed by atoms with Crippen LogP contribution < -0.4 is 11.1 Å². The first-order valence-electron chi connectivity index (χ1n) is 6.36. The van der Waals surface area contributed by atoms with Gasteiger partial charge >= 0.3 is 0 Å². The Labute approximate surface area is 107 Å². The average molecular weight is 252 g/mol. The van der Waals surface area contributed by atoms with Crippen LogP contribution in [0.3, 0.4) is 0 Å². The normalized spacial score (nSPS) is 25.0. The predicted octanol–water partition coefficient (Wildman–Crippen LogP) is 1.18. The van der Waals surface area contributed by atoms with Crippen molar-refractivity contribution in [3.63, 3.8) is 0 Å². The second-order valence-corrected chi connectivity index (χ2v) is 4.77. The van der Waals surface area contributed by atoms with E-state index in [1.54, 1.807) is 19.3 Å². The average Bonchev–Trinajstić information content (AvgIpc) is 2.97. The van der Waals surface area contributed by atoms with Crippen LogP contribution in [0.1, 0.15) is 31.9 Å². The van der Waals surface area contributed by atoms with Crippen molar-refractivity contribution in [3.8, 4) is 0 Å². The summed E-state index contributed by atoms with van der Waals surface area (Å²) < 4.78 is 10.8. The first-order chi connectivity index (χ1) is 8.65. The van der Waals surface area contributed by atoms with E-state index in [2.05, 4.69) is 5.32 Å². The fraction of sp³-hybridized carbons (Fsp3) is 0.615. The molecule has 3 unspecified atom stereocenters. The molecular formula is C13H20N2O3. The van der Waals surface area contributed by atoms with Crippen molar-refractivity contribution in [2.24, 2.45) is 5.73 Å². The Hall–Kier alpha value is -1.33. The molecule has 100 valence electrons. The number of nitrogens with two attached hydrogens (primary N) is 1. The molecule has 0 saturated heterocycles. The van der Waals surface area contributed by atoms with E-state index < -0.39 is 6.10 Å². The van der Waals surface area contributed by atoms with Gasteiger partial charge in [0.05, 0.1) is 18.9 Å². The summed E-state index contributed by atoms with van der Waals surface area (Å²) in [6, 6.07) is 3.83. The Balaban J connectivity index is 1.71. The molecule has 5 nitrogen and oxygen atoms in total. The highest BCUT2D eigenvalue weighted by Gasteiger charge is 2.26. The molecule has 1 aromatic heterocycles. The molecule has 0 aromatic carbocycles. The van der Waals surface area contributed by atoms with Gasteiger partial charge in [0.15, 0.2) is 0 Å². The molecule has 1 aliphatic rings. The van der Waals surface area contributed by atoms with Gasteiger partial charge in [-0.15, -0.1) is 0 Å². The minimum Gasteiger partial charge on any atom is -0.467 e. The second-order valence-electron chi connectivity index (χ2n) is 4.77. The summed E-state index contributed by atoms with van der Waals surface area (Å²) in [4.78, 5) is 11.8. The van der Waals surface area contributed by atoms with Gasteiger partial charge in [0.1, 0.15) is 11.9 Å². The van der Waals surface area contributed by atoms with Crippen molar-refractivity contribution >= 4 is 5.91 Å². The van der Waals surface area contributed by atoms with Gasteiger partial charge in [0.2, 0.25) is 5.91 Å². The number of furan rings is 1. The van der Waals surface area contributed by atoms with Crippen LogP contribution in [0.5, 0.6) is 0 Å². The Morgan fingerprint density at radius 1 is 1.67 bits per heavy atom. The molecule has 1 heterocycles. The molecule has 18 heavy (non-hydrogen) atoms. The number of ether oxygens (including phenoxy) is 1. The molecule has 0 radical (unpaired) electrons. The maximum Gasteiger partial charge on any atom is 0.249 e. The SMILES string of the molecule is CC(OC1CCC(N)C1)C(=O)NCc1ccco1. The lowest BCUT2D eigenvalue weighted by atomic mass is 10.2. The van der Waals surface area contributed by atoms with E-state index in [1.807, 2.05) is 6.07 Å². The van der Waals surface area contributed by atoms with E-state index in [0.717, 1.165) is 25.0 Å². The Kier molecular flexibility index (Phi) is 4.38. The van der Waals surface area contributed by atoms with E-state index in [1.165, 1.54) is 0 Å². The van der Waals surface area contributed by atoms with Crippen LogP contribution in [-0.2, 0) is 16.1 Å². The smallest absolute Gasteiger partial charge is 0.249 e. The molecular weight excluding hydrogens is 232 g/mol. The fourth-order valence-corrected chi connectivity index (χ4v) is 2.18. The molecule has 3 atom stereocenters. The first-order valence-corrected chi connectivity index (χ1v) is 6.36. The minimum absolute atomic E-state index is 0.115. The molecule has 1 aromatic rings. The number of amides is 1. The van der Waals surface area contributed by atoms with E-state index in [-0.39, 0.29) is 18.1 Å². The lowest BCUT2D eigenvalue weighted by molar-refractivity contribution is -0.135. The minimum atomic E-state index is -0.449. The molecule has 0 spiro atoms. The Morgan fingerprint density at radius 2 is 2.50 bits per heavy atom. The lowest BCUT2D eigenvalue weighted by Crippen LogP contribution is -2.36. The maximum absolute atomic E-state index is 11.8. The van der Waals surface area contributed by atoms with Gasteiger partial charge in [0, 0.05) is 6.04 Å². The molecule has 1 saturated carbocycles. The lowest BCUT2D eigenvalue weighted by Gasteiger charge is -2.17. The zero-order valence-electron chi connectivity index (χ0n) is 10.6. The van der Waals surface area contributed by atoms with Gasteiger partial charge in [-0.1, -0.05) is 0 Å². The van der Waals surface area contributed by atoms with Gasteiger partial charge in [-0.05, 0) is 38.3 Å². The van der Waals surface area contributed by atoms with Crippen LogP contribution in [0, 0.1) is 0 Å². The molecule has 2 rings (SSSR count). The van der Waals surface area contributed by atoms with E-state index in [9.17, 15) is 4.79 Å². The van der Waals surface area contributed by atoms with Crippen molar-refractivity contribution in [1.82, 2.24) is 5.32 Å². The molecule has 3 N–H and O–H groups in total. The summed E-state index contributed by atoms with van der Waals surface area (Å²) in [5.41, 5.74) is 5.81. The summed E-state index contributed by atoms with van der Waals surface area (Å²) >= 11 is 0. The van der Waals surface area contributed by atoms with Gasteiger partial charge in [-0.3, -0.25) is 4.79 Å². The number of nitrogens with one attached hydrogen (secondary N) is 1. The van der Waals surface area contributed by atoms with Crippen molar-refractivity contribution in [1.29, 1.82) is 0 Å². The quantitative estimate of drug-likeness (QED) is 0.825. The van der Waals surface area contributed by atoms with Gasteiger partial charge in [-0.25, -0.2) is 0 Å². The number of rotatable bonds is 5. The Morgan fingerprint density at radius 3 is 3.11 bits per heavy atom. The molecule has 5 heteroatoms. The summed E-state index contributed by atoms with van der Waals surface area (Å²) in [5, 5.41) is 2.78. The largest absolute Gasteiger partial charge is 0.467 e. The standard InChI is InChI=1S/C13H20N2O3/c1-9(18-11-5-4-10(14)7-11)13(16)15-8-12-3-2-6-17-12/h2-3,6,9-11H,4-5,7-8,14H2,1H3,(H,15,16). The molecule has 1 amide bonds. The van der Waals surface area contributed by atoms with Crippen LogP contribution in [-0.4, -0.2) is 24.2 Å². The van der Waals surface area contributed by atoms with E-state index in [0.29, 0.717) is 6.54 Å². The summed E-state index contributed by atoms with van der Waals surface area (Å²) in [7, 11) is 0.